The molecule has 0 saturated heterocycles. The van der Waals surface area contributed by atoms with Gasteiger partial charge in [-0.15, -0.1) is 0 Å². The monoisotopic (exact) mass is 339 g/mol. The van der Waals surface area contributed by atoms with Crippen LogP contribution in [0, 0.1) is 11.3 Å². The lowest BCUT2D eigenvalue weighted by Gasteiger charge is -2.43. The molecule has 0 spiro atoms. The van der Waals surface area contributed by atoms with E-state index in [1.54, 1.807) is 0 Å². The minimum atomic E-state index is 0.518. The molecule has 1 fully saturated rings. The van der Waals surface area contributed by atoms with Crippen LogP contribution in [-0.2, 0) is 6.42 Å². The molecular formula is C20H25N3S. The average Bonchev–Trinajstić information content (AvgIpc) is 3.16. The minimum absolute atomic E-state index is 0.518. The first kappa shape index (κ1) is 17.1. The van der Waals surface area contributed by atoms with Crippen LogP contribution in [0.1, 0.15) is 36.8 Å². The number of likely N-dealkylation sites (N-methyl/N-ethyl adjacent to an activating group) is 1. The maximum absolute atomic E-state index is 8.91. The predicted octanol–water partition coefficient (Wildman–Crippen LogP) is 3.54. The molecule has 0 radical (unpaired) electrons. The summed E-state index contributed by atoms with van der Waals surface area (Å²) in [4.78, 5) is 5.93. The molecule has 2 atom stereocenters. The van der Waals surface area contributed by atoms with E-state index in [9.17, 15) is 0 Å². The van der Waals surface area contributed by atoms with Crippen LogP contribution in [-0.4, -0.2) is 47.0 Å². The fourth-order valence-corrected chi connectivity index (χ4v) is 4.22. The molecule has 1 heterocycles. The Balaban J connectivity index is 1.65. The van der Waals surface area contributed by atoms with Crippen molar-refractivity contribution in [3.8, 4) is 6.07 Å². The summed E-state index contributed by atoms with van der Waals surface area (Å²) in [7, 11) is 2.17. The number of hydrogen-bond donors (Lipinski definition) is 0. The van der Waals surface area contributed by atoms with Crippen molar-refractivity contribution in [3.05, 3.63) is 47.5 Å². The molecule has 1 aromatic rings. The van der Waals surface area contributed by atoms with Crippen molar-refractivity contribution in [2.45, 2.75) is 44.2 Å². The summed E-state index contributed by atoms with van der Waals surface area (Å²) in [5.41, 5.74) is 1.88. The topological polar surface area (TPSA) is 30.3 Å². The van der Waals surface area contributed by atoms with E-state index in [1.165, 1.54) is 31.2 Å². The number of nitriles is 1. The highest BCUT2D eigenvalue weighted by molar-refractivity contribution is 7.80. The van der Waals surface area contributed by atoms with E-state index in [1.807, 2.05) is 24.3 Å². The molecule has 0 amide bonds. The van der Waals surface area contributed by atoms with Crippen molar-refractivity contribution < 1.29 is 0 Å². The molecule has 3 nitrogen and oxygen atoms in total. The maximum Gasteiger partial charge on any atom is 0.0991 e. The normalized spacial score (nSPS) is 23.8. The lowest BCUT2D eigenvalue weighted by atomic mass is 9.88. The smallest absolute Gasteiger partial charge is 0.0991 e. The summed E-state index contributed by atoms with van der Waals surface area (Å²) in [6.07, 6.45) is 10.5. The van der Waals surface area contributed by atoms with Gasteiger partial charge in [-0.05, 0) is 30.5 Å². The van der Waals surface area contributed by atoms with E-state index >= 15 is 0 Å². The second kappa shape index (κ2) is 7.92. The van der Waals surface area contributed by atoms with Crippen molar-refractivity contribution in [1.29, 1.82) is 5.26 Å². The van der Waals surface area contributed by atoms with Crippen LogP contribution in [0.2, 0.25) is 0 Å². The molecule has 1 aliphatic heterocycles. The Kier molecular flexibility index (Phi) is 5.65. The van der Waals surface area contributed by atoms with Crippen LogP contribution in [0.3, 0.4) is 0 Å². The standard InChI is InChI=1S/C20H25N3S/c1-22(20(24)14-16-8-10-17(15-21)11-9-16)18-6-2-3-7-19(18)23-12-4-5-13-23/h4-5,8-11,18-19H,2-3,6-7,12-14H2,1H3. The Morgan fingerprint density at radius 3 is 2.54 bits per heavy atom. The number of benzene rings is 1. The molecule has 2 unspecified atom stereocenters. The third-order valence-electron chi connectivity index (χ3n) is 5.34. The quantitative estimate of drug-likeness (QED) is 0.620. The number of thiocarbonyl (C=S) groups is 1. The van der Waals surface area contributed by atoms with Crippen LogP contribution in [0.15, 0.2) is 36.4 Å². The zero-order valence-corrected chi connectivity index (χ0v) is 15.1. The maximum atomic E-state index is 8.91. The molecule has 2 aliphatic rings. The molecule has 126 valence electrons. The van der Waals surface area contributed by atoms with Crippen molar-refractivity contribution in [2.24, 2.45) is 0 Å². The molecule has 1 aromatic carbocycles. The first-order valence-electron chi connectivity index (χ1n) is 8.83. The van der Waals surface area contributed by atoms with Gasteiger partial charge in [0.25, 0.3) is 0 Å². The lowest BCUT2D eigenvalue weighted by molar-refractivity contribution is 0.116. The molecule has 1 saturated carbocycles. The van der Waals surface area contributed by atoms with Gasteiger partial charge in [-0.3, -0.25) is 4.90 Å². The molecule has 4 heteroatoms. The van der Waals surface area contributed by atoms with E-state index in [4.69, 9.17) is 17.5 Å². The summed E-state index contributed by atoms with van der Waals surface area (Å²) in [5, 5.41) is 8.91. The molecule has 0 aromatic heterocycles. The molecule has 3 rings (SSSR count). The van der Waals surface area contributed by atoms with E-state index in [0.717, 1.165) is 24.5 Å². The minimum Gasteiger partial charge on any atom is -0.364 e. The predicted molar refractivity (Wildman–Crippen MR) is 102 cm³/mol. The van der Waals surface area contributed by atoms with Gasteiger partial charge in [0.05, 0.1) is 16.6 Å². The van der Waals surface area contributed by atoms with Crippen LogP contribution in [0.4, 0.5) is 0 Å². The molecular weight excluding hydrogens is 314 g/mol. The van der Waals surface area contributed by atoms with Gasteiger partial charge in [0, 0.05) is 38.6 Å². The summed E-state index contributed by atoms with van der Waals surface area (Å²) >= 11 is 5.76. The van der Waals surface area contributed by atoms with E-state index in [-0.39, 0.29) is 0 Å². The SMILES string of the molecule is CN(C(=S)Cc1ccc(C#N)cc1)C1CCCCC1N1CC=CC1. The average molecular weight is 340 g/mol. The first-order valence-corrected chi connectivity index (χ1v) is 9.23. The van der Waals surface area contributed by atoms with Gasteiger partial charge in [0.1, 0.15) is 0 Å². The van der Waals surface area contributed by atoms with Crippen LogP contribution < -0.4 is 0 Å². The van der Waals surface area contributed by atoms with Gasteiger partial charge >= 0.3 is 0 Å². The van der Waals surface area contributed by atoms with Crippen molar-refractivity contribution in [1.82, 2.24) is 9.80 Å². The Morgan fingerprint density at radius 2 is 1.88 bits per heavy atom. The third-order valence-corrected chi connectivity index (χ3v) is 5.77. The van der Waals surface area contributed by atoms with Gasteiger partial charge in [0.2, 0.25) is 0 Å². The highest BCUT2D eigenvalue weighted by atomic mass is 32.1. The number of rotatable bonds is 4. The fraction of sp³-hybridized carbons (Fsp3) is 0.500. The van der Waals surface area contributed by atoms with Gasteiger partial charge in [-0.1, -0.05) is 49.3 Å². The van der Waals surface area contributed by atoms with E-state index in [0.29, 0.717) is 17.6 Å². The van der Waals surface area contributed by atoms with Crippen molar-refractivity contribution >= 4 is 17.2 Å². The van der Waals surface area contributed by atoms with Gasteiger partial charge < -0.3 is 4.90 Å². The molecule has 0 N–H and O–H groups in total. The zero-order chi connectivity index (χ0) is 16.9. The second-order valence-corrected chi connectivity index (χ2v) is 7.31. The Labute approximate surface area is 150 Å². The Morgan fingerprint density at radius 1 is 1.21 bits per heavy atom. The largest absolute Gasteiger partial charge is 0.364 e. The zero-order valence-electron chi connectivity index (χ0n) is 14.3. The summed E-state index contributed by atoms with van der Waals surface area (Å²) in [5.74, 6) is 0. The van der Waals surface area contributed by atoms with Crippen molar-refractivity contribution in [3.63, 3.8) is 0 Å². The van der Waals surface area contributed by atoms with Gasteiger partial charge in [-0.25, -0.2) is 0 Å². The third kappa shape index (κ3) is 3.85. The highest BCUT2D eigenvalue weighted by Gasteiger charge is 2.33. The molecule has 24 heavy (non-hydrogen) atoms. The van der Waals surface area contributed by atoms with Crippen LogP contribution in [0.25, 0.3) is 0 Å². The summed E-state index contributed by atoms with van der Waals surface area (Å²) in [6.45, 7) is 2.16. The lowest BCUT2D eigenvalue weighted by Crippen LogP contribution is -2.53. The van der Waals surface area contributed by atoms with E-state index < -0.39 is 0 Å². The first-order chi connectivity index (χ1) is 11.7. The number of nitrogens with zero attached hydrogens (tertiary/aromatic N) is 3. The van der Waals surface area contributed by atoms with Gasteiger partial charge in [0.15, 0.2) is 0 Å². The fourth-order valence-electron chi connectivity index (χ4n) is 3.92. The van der Waals surface area contributed by atoms with E-state index in [2.05, 4.69) is 35.1 Å². The Hall–Kier alpha value is -1.70. The second-order valence-electron chi connectivity index (χ2n) is 6.83. The van der Waals surface area contributed by atoms with Crippen LogP contribution in [0.5, 0.6) is 0 Å². The molecule has 1 aliphatic carbocycles. The summed E-state index contributed by atoms with van der Waals surface area (Å²) in [6, 6.07) is 11.1. The van der Waals surface area contributed by atoms with Crippen molar-refractivity contribution in [2.75, 3.05) is 20.1 Å². The van der Waals surface area contributed by atoms with Gasteiger partial charge in [-0.2, -0.15) is 5.26 Å². The van der Waals surface area contributed by atoms with Crippen LogP contribution >= 0.6 is 12.2 Å². The number of hydrogen-bond acceptors (Lipinski definition) is 3. The summed E-state index contributed by atoms with van der Waals surface area (Å²) < 4.78 is 0. The highest BCUT2D eigenvalue weighted by Crippen LogP contribution is 2.28. The molecule has 0 bridgehead atoms. The Bertz CT molecular complexity index is 636.